The van der Waals surface area contributed by atoms with Crippen LogP contribution in [0, 0.1) is 5.92 Å². The predicted molar refractivity (Wildman–Crippen MR) is 90.3 cm³/mol. The molecule has 3 heteroatoms. The number of H-pyrrole nitrogens is 1. The summed E-state index contributed by atoms with van der Waals surface area (Å²) in [4.78, 5) is 4.30. The average Bonchev–Trinajstić information content (AvgIpc) is 2.99. The van der Waals surface area contributed by atoms with Crippen molar-refractivity contribution in [2.75, 3.05) is 0 Å². The van der Waals surface area contributed by atoms with E-state index in [1.54, 1.807) is 6.33 Å². The van der Waals surface area contributed by atoms with Crippen LogP contribution in [0.15, 0.2) is 6.33 Å². The molecule has 0 aromatic carbocycles. The third kappa shape index (κ3) is 9.65. The zero-order chi connectivity index (χ0) is 15.2. The van der Waals surface area contributed by atoms with Crippen LogP contribution in [0.3, 0.4) is 0 Å². The first-order chi connectivity index (χ1) is 10.4. The number of aromatic nitrogens is 3. The summed E-state index contributed by atoms with van der Waals surface area (Å²) in [5.41, 5.74) is 0. The summed E-state index contributed by atoms with van der Waals surface area (Å²) in [6.45, 7) is 4.56. The maximum atomic E-state index is 4.30. The molecule has 3 nitrogen and oxygen atoms in total. The molecule has 0 unspecified atom stereocenters. The standard InChI is InChI=1S/C18H35N3/c1-3-5-7-9-11-13-17(14-12-10-8-6-4-2)15-18-19-16-20-21-18/h16-17H,3-15H2,1-2H3,(H,19,20,21). The van der Waals surface area contributed by atoms with Gasteiger partial charge in [0.2, 0.25) is 0 Å². The number of rotatable bonds is 14. The zero-order valence-electron chi connectivity index (χ0n) is 14.2. The molecule has 0 aliphatic rings. The fourth-order valence-corrected chi connectivity index (χ4v) is 3.02. The molecule has 0 bridgehead atoms. The number of nitrogens with zero attached hydrogens (tertiary/aromatic N) is 2. The van der Waals surface area contributed by atoms with Gasteiger partial charge in [0.25, 0.3) is 0 Å². The Kier molecular flexibility index (Phi) is 11.1. The smallest absolute Gasteiger partial charge is 0.137 e. The lowest BCUT2D eigenvalue weighted by Crippen LogP contribution is -2.07. The Hall–Kier alpha value is -0.860. The van der Waals surface area contributed by atoms with E-state index in [0.29, 0.717) is 0 Å². The molecule has 0 aliphatic carbocycles. The minimum Gasteiger partial charge on any atom is -0.263 e. The first-order valence-electron chi connectivity index (χ1n) is 9.21. The third-order valence-electron chi connectivity index (χ3n) is 4.38. The van der Waals surface area contributed by atoms with Crippen molar-refractivity contribution in [3.8, 4) is 0 Å². The number of hydrogen-bond donors (Lipinski definition) is 1. The fraction of sp³-hybridized carbons (Fsp3) is 0.889. The Morgan fingerprint density at radius 3 is 1.90 bits per heavy atom. The van der Waals surface area contributed by atoms with Gasteiger partial charge in [0.15, 0.2) is 0 Å². The van der Waals surface area contributed by atoms with Crippen molar-refractivity contribution in [2.45, 2.75) is 97.3 Å². The molecule has 0 spiro atoms. The lowest BCUT2D eigenvalue weighted by Gasteiger charge is -2.15. The van der Waals surface area contributed by atoms with Crippen LogP contribution in [0.5, 0.6) is 0 Å². The second-order valence-corrected chi connectivity index (χ2v) is 6.41. The van der Waals surface area contributed by atoms with Crippen LogP contribution in [-0.4, -0.2) is 15.2 Å². The maximum absolute atomic E-state index is 4.30. The summed E-state index contributed by atoms with van der Waals surface area (Å²) in [6.07, 6.45) is 19.3. The minimum absolute atomic E-state index is 0.793. The van der Waals surface area contributed by atoms with Crippen molar-refractivity contribution in [3.05, 3.63) is 12.2 Å². The molecule has 0 radical (unpaired) electrons. The topological polar surface area (TPSA) is 41.6 Å². The molecule has 0 aliphatic heterocycles. The molecular formula is C18H35N3. The largest absolute Gasteiger partial charge is 0.263 e. The van der Waals surface area contributed by atoms with E-state index < -0.39 is 0 Å². The fourth-order valence-electron chi connectivity index (χ4n) is 3.02. The van der Waals surface area contributed by atoms with Crippen LogP contribution < -0.4 is 0 Å². The van der Waals surface area contributed by atoms with E-state index in [1.807, 2.05) is 0 Å². The molecule has 0 saturated carbocycles. The van der Waals surface area contributed by atoms with Crippen LogP contribution in [0.1, 0.15) is 96.7 Å². The van der Waals surface area contributed by atoms with Gasteiger partial charge in [-0.25, -0.2) is 4.98 Å². The van der Waals surface area contributed by atoms with Crippen molar-refractivity contribution in [2.24, 2.45) is 5.92 Å². The SMILES string of the molecule is CCCCCCCC(CCCCCCC)Cc1ncn[nH]1. The van der Waals surface area contributed by atoms with Gasteiger partial charge >= 0.3 is 0 Å². The summed E-state index contributed by atoms with van der Waals surface area (Å²) < 4.78 is 0. The highest BCUT2D eigenvalue weighted by Crippen LogP contribution is 2.21. The van der Waals surface area contributed by atoms with E-state index in [2.05, 4.69) is 29.0 Å². The molecule has 1 heterocycles. The van der Waals surface area contributed by atoms with Crippen molar-refractivity contribution >= 4 is 0 Å². The van der Waals surface area contributed by atoms with Crippen LogP contribution >= 0.6 is 0 Å². The van der Waals surface area contributed by atoms with Crippen molar-refractivity contribution in [1.82, 2.24) is 15.2 Å². The van der Waals surface area contributed by atoms with Gasteiger partial charge in [-0.05, 0) is 5.92 Å². The van der Waals surface area contributed by atoms with Gasteiger partial charge < -0.3 is 0 Å². The zero-order valence-corrected chi connectivity index (χ0v) is 14.2. The van der Waals surface area contributed by atoms with E-state index in [0.717, 1.165) is 18.2 Å². The maximum Gasteiger partial charge on any atom is 0.137 e. The molecule has 0 atom stereocenters. The van der Waals surface area contributed by atoms with Gasteiger partial charge in [0.05, 0.1) is 0 Å². The molecule has 0 amide bonds. The normalized spacial score (nSPS) is 11.4. The summed E-state index contributed by atoms with van der Waals surface area (Å²) in [6, 6.07) is 0. The van der Waals surface area contributed by atoms with E-state index >= 15 is 0 Å². The monoisotopic (exact) mass is 293 g/mol. The van der Waals surface area contributed by atoms with Crippen LogP contribution in [-0.2, 0) is 6.42 Å². The molecule has 1 aromatic rings. The Bertz CT molecular complexity index is 294. The van der Waals surface area contributed by atoms with E-state index in [1.165, 1.54) is 77.0 Å². The molecule has 122 valence electrons. The van der Waals surface area contributed by atoms with Crippen molar-refractivity contribution < 1.29 is 0 Å². The lowest BCUT2D eigenvalue weighted by atomic mass is 9.91. The van der Waals surface area contributed by atoms with E-state index in [9.17, 15) is 0 Å². The van der Waals surface area contributed by atoms with E-state index in [4.69, 9.17) is 0 Å². The van der Waals surface area contributed by atoms with Gasteiger partial charge in [0.1, 0.15) is 12.2 Å². The quantitative estimate of drug-likeness (QED) is 0.448. The van der Waals surface area contributed by atoms with Crippen LogP contribution in [0.4, 0.5) is 0 Å². The Balaban J connectivity index is 2.21. The van der Waals surface area contributed by atoms with Crippen LogP contribution in [0.25, 0.3) is 0 Å². The molecular weight excluding hydrogens is 258 g/mol. The second kappa shape index (κ2) is 12.8. The Labute approximate surface area is 131 Å². The van der Waals surface area contributed by atoms with Gasteiger partial charge in [0, 0.05) is 6.42 Å². The average molecular weight is 293 g/mol. The Morgan fingerprint density at radius 2 is 1.43 bits per heavy atom. The van der Waals surface area contributed by atoms with Gasteiger partial charge in [-0.1, -0.05) is 90.9 Å². The van der Waals surface area contributed by atoms with E-state index in [-0.39, 0.29) is 0 Å². The van der Waals surface area contributed by atoms with Gasteiger partial charge in [-0.3, -0.25) is 5.10 Å². The molecule has 1 rings (SSSR count). The lowest BCUT2D eigenvalue weighted by molar-refractivity contribution is 0.396. The highest BCUT2D eigenvalue weighted by Gasteiger charge is 2.11. The van der Waals surface area contributed by atoms with Crippen molar-refractivity contribution in [1.29, 1.82) is 0 Å². The summed E-state index contributed by atoms with van der Waals surface area (Å²) >= 11 is 0. The number of unbranched alkanes of at least 4 members (excludes halogenated alkanes) is 8. The number of aromatic amines is 1. The molecule has 21 heavy (non-hydrogen) atoms. The third-order valence-corrected chi connectivity index (χ3v) is 4.38. The number of hydrogen-bond acceptors (Lipinski definition) is 2. The summed E-state index contributed by atoms with van der Waals surface area (Å²) in [5, 5.41) is 7.01. The van der Waals surface area contributed by atoms with Crippen molar-refractivity contribution in [3.63, 3.8) is 0 Å². The first-order valence-corrected chi connectivity index (χ1v) is 9.21. The van der Waals surface area contributed by atoms with Gasteiger partial charge in [-0.15, -0.1) is 0 Å². The minimum atomic E-state index is 0.793. The highest BCUT2D eigenvalue weighted by atomic mass is 15.2. The predicted octanol–water partition coefficient (Wildman–Crippen LogP) is 5.68. The molecule has 0 fully saturated rings. The Morgan fingerprint density at radius 1 is 0.857 bits per heavy atom. The van der Waals surface area contributed by atoms with Gasteiger partial charge in [-0.2, -0.15) is 5.10 Å². The molecule has 0 saturated heterocycles. The van der Waals surface area contributed by atoms with Crippen LogP contribution in [0.2, 0.25) is 0 Å². The molecule has 1 aromatic heterocycles. The summed E-state index contributed by atoms with van der Waals surface area (Å²) in [5.74, 6) is 1.86. The summed E-state index contributed by atoms with van der Waals surface area (Å²) in [7, 11) is 0. The first kappa shape index (κ1) is 18.2. The highest BCUT2D eigenvalue weighted by molar-refractivity contribution is 4.83. The molecule has 1 N–H and O–H groups in total. The number of nitrogens with one attached hydrogen (secondary N) is 1. The second-order valence-electron chi connectivity index (χ2n) is 6.41.